The molecule has 0 aliphatic heterocycles. The van der Waals surface area contributed by atoms with E-state index >= 15 is 0 Å². The van der Waals surface area contributed by atoms with E-state index in [0.717, 1.165) is 16.8 Å². The molecule has 0 amide bonds. The van der Waals surface area contributed by atoms with Gasteiger partial charge in [0.15, 0.2) is 5.65 Å². The van der Waals surface area contributed by atoms with Crippen LogP contribution in [0.3, 0.4) is 0 Å². The highest BCUT2D eigenvalue weighted by Gasteiger charge is 2.09. The molecule has 0 saturated carbocycles. The molecule has 2 heterocycles. The number of anilines is 2. The van der Waals surface area contributed by atoms with Gasteiger partial charge in [-0.1, -0.05) is 29.8 Å². The number of halogens is 1. The zero-order chi connectivity index (χ0) is 16.5. The summed E-state index contributed by atoms with van der Waals surface area (Å²) in [6.07, 6.45) is 3.57. The van der Waals surface area contributed by atoms with Gasteiger partial charge in [-0.25, -0.2) is 9.50 Å². The van der Waals surface area contributed by atoms with Gasteiger partial charge in [0.05, 0.1) is 6.20 Å². The molecule has 5 nitrogen and oxygen atoms in total. The number of nitrogens with one attached hydrogen (secondary N) is 1. The minimum absolute atomic E-state index is 0.208. The molecule has 4 rings (SSSR count). The Kier molecular flexibility index (Phi) is 3.55. The Morgan fingerprint density at radius 3 is 2.75 bits per heavy atom. The highest BCUT2D eigenvalue weighted by atomic mass is 35.5. The molecule has 2 N–H and O–H groups in total. The lowest BCUT2D eigenvalue weighted by Gasteiger charge is -2.07. The van der Waals surface area contributed by atoms with Crippen LogP contribution in [0.4, 0.5) is 11.5 Å². The first-order valence-electron chi connectivity index (χ1n) is 7.35. The van der Waals surface area contributed by atoms with Crippen molar-refractivity contribution in [3.05, 3.63) is 72.0 Å². The monoisotopic (exact) mass is 336 g/mol. The summed E-state index contributed by atoms with van der Waals surface area (Å²) in [7, 11) is 0. The van der Waals surface area contributed by atoms with Gasteiger partial charge in [-0.3, -0.25) is 0 Å². The maximum atomic E-state index is 9.69. The van der Waals surface area contributed by atoms with Crippen LogP contribution >= 0.6 is 11.6 Å². The van der Waals surface area contributed by atoms with Crippen LogP contribution in [0.25, 0.3) is 16.8 Å². The van der Waals surface area contributed by atoms with Crippen LogP contribution in [0.2, 0.25) is 5.02 Å². The van der Waals surface area contributed by atoms with Gasteiger partial charge >= 0.3 is 0 Å². The first-order valence-corrected chi connectivity index (χ1v) is 7.73. The summed E-state index contributed by atoms with van der Waals surface area (Å²) in [4.78, 5) is 4.63. The van der Waals surface area contributed by atoms with E-state index < -0.39 is 0 Å². The van der Waals surface area contributed by atoms with Gasteiger partial charge in [-0.15, -0.1) is 0 Å². The van der Waals surface area contributed by atoms with E-state index in [4.69, 9.17) is 11.6 Å². The van der Waals surface area contributed by atoms with Gasteiger partial charge < -0.3 is 10.4 Å². The second kappa shape index (κ2) is 5.86. The molecule has 0 aliphatic carbocycles. The molecule has 118 valence electrons. The zero-order valence-corrected chi connectivity index (χ0v) is 13.3. The molecule has 2 aromatic heterocycles. The van der Waals surface area contributed by atoms with E-state index in [2.05, 4.69) is 15.4 Å². The minimum Gasteiger partial charge on any atom is -0.508 e. The van der Waals surface area contributed by atoms with Gasteiger partial charge in [-0.2, -0.15) is 5.10 Å². The minimum atomic E-state index is 0.208. The number of fused-ring (bicyclic) bond motifs is 1. The van der Waals surface area contributed by atoms with Crippen molar-refractivity contribution in [2.45, 2.75) is 0 Å². The summed E-state index contributed by atoms with van der Waals surface area (Å²) >= 11 is 6.01. The number of phenolic OH excluding ortho intramolecular Hbond substituents is 1. The number of hydrogen-bond acceptors (Lipinski definition) is 4. The normalized spacial score (nSPS) is 10.9. The summed E-state index contributed by atoms with van der Waals surface area (Å²) in [6, 6.07) is 16.3. The van der Waals surface area contributed by atoms with Crippen molar-refractivity contribution in [2.75, 3.05) is 5.32 Å². The Morgan fingerprint density at radius 2 is 1.92 bits per heavy atom. The Balaban J connectivity index is 1.76. The van der Waals surface area contributed by atoms with Gasteiger partial charge in [-0.05, 0) is 42.0 Å². The van der Waals surface area contributed by atoms with Crippen molar-refractivity contribution in [2.24, 2.45) is 0 Å². The third kappa shape index (κ3) is 2.77. The average molecular weight is 337 g/mol. The van der Waals surface area contributed by atoms with Crippen LogP contribution in [0, 0.1) is 0 Å². The molecule has 24 heavy (non-hydrogen) atoms. The first kappa shape index (κ1) is 14.5. The van der Waals surface area contributed by atoms with E-state index in [9.17, 15) is 5.11 Å². The van der Waals surface area contributed by atoms with Gasteiger partial charge in [0.2, 0.25) is 0 Å². The standard InChI is InChI=1S/C18H13ClN4O/c19-13-4-2-5-14(10-13)21-17-7-8-23-18(22-17)16(11-20-23)12-3-1-6-15(24)9-12/h1-11,24H,(H,21,22). The molecular formula is C18H13ClN4O. The van der Waals surface area contributed by atoms with Crippen molar-refractivity contribution in [3.8, 4) is 16.9 Å². The largest absolute Gasteiger partial charge is 0.508 e. The molecule has 0 saturated heterocycles. The van der Waals surface area contributed by atoms with E-state index in [0.29, 0.717) is 16.5 Å². The molecule has 2 aromatic carbocycles. The maximum absolute atomic E-state index is 9.69. The number of hydrogen-bond donors (Lipinski definition) is 2. The highest BCUT2D eigenvalue weighted by Crippen LogP contribution is 2.27. The molecule has 0 atom stereocenters. The maximum Gasteiger partial charge on any atom is 0.165 e. The van der Waals surface area contributed by atoms with Crippen molar-refractivity contribution >= 4 is 28.8 Å². The topological polar surface area (TPSA) is 62.5 Å². The van der Waals surface area contributed by atoms with Crippen LogP contribution in [0.5, 0.6) is 5.75 Å². The summed E-state index contributed by atoms with van der Waals surface area (Å²) in [5.41, 5.74) is 3.27. The molecule has 0 spiro atoms. The molecule has 0 radical (unpaired) electrons. The molecule has 0 aliphatic rings. The Hall–Kier alpha value is -3.05. The van der Waals surface area contributed by atoms with Crippen LogP contribution in [0.15, 0.2) is 67.0 Å². The summed E-state index contributed by atoms with van der Waals surface area (Å²) < 4.78 is 1.70. The fourth-order valence-electron chi connectivity index (χ4n) is 2.53. The van der Waals surface area contributed by atoms with Gasteiger partial charge in [0, 0.05) is 22.5 Å². The van der Waals surface area contributed by atoms with E-state index in [1.807, 2.05) is 42.6 Å². The molecule has 4 aromatic rings. The number of aromatic hydroxyl groups is 1. The number of nitrogens with zero attached hydrogens (tertiary/aromatic N) is 3. The molecule has 0 fully saturated rings. The molecule has 0 bridgehead atoms. The van der Waals surface area contributed by atoms with Crippen molar-refractivity contribution < 1.29 is 5.11 Å². The van der Waals surface area contributed by atoms with Crippen molar-refractivity contribution in [1.82, 2.24) is 14.6 Å². The van der Waals surface area contributed by atoms with Crippen LogP contribution in [0.1, 0.15) is 0 Å². The lowest BCUT2D eigenvalue weighted by molar-refractivity contribution is 0.475. The lowest BCUT2D eigenvalue weighted by atomic mass is 10.1. The zero-order valence-electron chi connectivity index (χ0n) is 12.5. The summed E-state index contributed by atoms with van der Waals surface area (Å²) in [5, 5.41) is 17.9. The Labute approximate surface area is 143 Å². The van der Waals surface area contributed by atoms with E-state index in [1.54, 1.807) is 28.9 Å². The third-order valence-corrected chi connectivity index (χ3v) is 3.86. The van der Waals surface area contributed by atoms with Crippen molar-refractivity contribution in [1.29, 1.82) is 0 Å². The molecule has 0 unspecified atom stereocenters. The summed E-state index contributed by atoms with van der Waals surface area (Å²) in [6.45, 7) is 0. The van der Waals surface area contributed by atoms with E-state index in [1.165, 1.54) is 0 Å². The van der Waals surface area contributed by atoms with Crippen LogP contribution in [-0.4, -0.2) is 19.7 Å². The Bertz CT molecular complexity index is 1030. The smallest absolute Gasteiger partial charge is 0.165 e. The number of benzene rings is 2. The van der Waals surface area contributed by atoms with Crippen LogP contribution < -0.4 is 5.32 Å². The predicted molar refractivity (Wildman–Crippen MR) is 94.8 cm³/mol. The number of phenols is 1. The molecule has 6 heteroatoms. The van der Waals surface area contributed by atoms with Gasteiger partial charge in [0.25, 0.3) is 0 Å². The first-order chi connectivity index (χ1) is 11.7. The fraction of sp³-hybridized carbons (Fsp3) is 0. The van der Waals surface area contributed by atoms with Crippen molar-refractivity contribution in [3.63, 3.8) is 0 Å². The third-order valence-electron chi connectivity index (χ3n) is 3.62. The molecular weight excluding hydrogens is 324 g/mol. The summed E-state index contributed by atoms with van der Waals surface area (Å²) in [5.74, 6) is 0.895. The Morgan fingerprint density at radius 1 is 1.04 bits per heavy atom. The number of aromatic nitrogens is 3. The fourth-order valence-corrected chi connectivity index (χ4v) is 2.72. The second-order valence-corrected chi connectivity index (χ2v) is 5.76. The SMILES string of the molecule is Oc1cccc(-c2cnn3ccc(Nc4cccc(Cl)c4)nc23)c1. The predicted octanol–water partition coefficient (Wildman–Crippen LogP) is 4.50. The highest BCUT2D eigenvalue weighted by molar-refractivity contribution is 6.30. The lowest BCUT2D eigenvalue weighted by Crippen LogP contribution is -1.97. The van der Waals surface area contributed by atoms with Crippen LogP contribution in [-0.2, 0) is 0 Å². The number of rotatable bonds is 3. The quantitative estimate of drug-likeness (QED) is 0.578. The second-order valence-electron chi connectivity index (χ2n) is 5.32. The van der Waals surface area contributed by atoms with E-state index in [-0.39, 0.29) is 5.75 Å². The average Bonchev–Trinajstić information content (AvgIpc) is 2.98. The van der Waals surface area contributed by atoms with Gasteiger partial charge in [0.1, 0.15) is 11.6 Å².